The van der Waals surface area contributed by atoms with Crippen LogP contribution in [0, 0.1) is 5.92 Å². The molecule has 0 bridgehead atoms. The van der Waals surface area contributed by atoms with E-state index in [2.05, 4.69) is 11.8 Å². The smallest absolute Gasteiger partial charge is 0.285 e. The molecule has 0 aromatic heterocycles. The summed E-state index contributed by atoms with van der Waals surface area (Å²) in [5.74, 6) is 0.916. The number of piperidine rings is 1. The summed E-state index contributed by atoms with van der Waals surface area (Å²) in [5.41, 5.74) is 2.12. The van der Waals surface area contributed by atoms with Crippen molar-refractivity contribution in [2.45, 2.75) is 45.1 Å². The molecule has 3 rings (SSSR count). The number of hydrogen-bond acceptors (Lipinski definition) is 4. The predicted molar refractivity (Wildman–Crippen MR) is 86.8 cm³/mol. The van der Waals surface area contributed by atoms with Crippen LogP contribution in [0.5, 0.6) is 11.5 Å². The molecule has 3 atom stereocenters. The van der Waals surface area contributed by atoms with Gasteiger partial charge in [0.2, 0.25) is 0 Å². The zero-order valence-corrected chi connectivity index (χ0v) is 13.8. The molecule has 0 saturated carbocycles. The van der Waals surface area contributed by atoms with E-state index in [4.69, 9.17) is 9.32 Å². The second-order valence-corrected chi connectivity index (χ2v) is 7.00. The summed E-state index contributed by atoms with van der Waals surface area (Å²) in [4.78, 5) is 2.60. The highest BCUT2D eigenvalue weighted by Crippen LogP contribution is 2.42. The Kier molecular flexibility index (Phi) is 4.70. The number of likely N-dealkylation sites (tertiary alicyclic amines) is 1. The van der Waals surface area contributed by atoms with Gasteiger partial charge < -0.3 is 9.29 Å². The van der Waals surface area contributed by atoms with Crippen molar-refractivity contribution in [3.05, 3.63) is 23.3 Å². The molecular formula is C16H24N2O3S. The Morgan fingerprint density at radius 2 is 2.27 bits per heavy atom. The van der Waals surface area contributed by atoms with Crippen LogP contribution in [0.4, 0.5) is 0 Å². The van der Waals surface area contributed by atoms with E-state index in [1.165, 1.54) is 31.4 Å². The molecule has 6 heteroatoms. The number of hydrogen-bond donors (Lipinski definition) is 2. The second-order valence-electron chi connectivity index (χ2n) is 6.31. The standard InChI is InChI=1S/C16H24N2O3S/c1-2-7-18-8-3-4-12-9-13-11(10-14(12)18)5-6-15(16(13)19)21-22(17)20/h5-6,12,14,19H,2-4,7-10,17H2,1H3. The molecule has 122 valence electrons. The maximum Gasteiger partial charge on any atom is 0.285 e. The van der Waals surface area contributed by atoms with E-state index in [-0.39, 0.29) is 11.5 Å². The van der Waals surface area contributed by atoms with Crippen LogP contribution in [0.1, 0.15) is 37.3 Å². The van der Waals surface area contributed by atoms with Gasteiger partial charge in [-0.1, -0.05) is 13.0 Å². The fraction of sp³-hybridized carbons (Fsp3) is 0.625. The Bertz CT molecular complexity index is 577. The molecule has 3 N–H and O–H groups in total. The fourth-order valence-electron chi connectivity index (χ4n) is 4.03. The summed E-state index contributed by atoms with van der Waals surface area (Å²) in [5, 5.41) is 15.6. The Labute approximate surface area is 134 Å². The maximum atomic E-state index is 11.0. The first kappa shape index (κ1) is 15.8. The molecule has 0 radical (unpaired) electrons. The van der Waals surface area contributed by atoms with Gasteiger partial charge in [0.15, 0.2) is 11.5 Å². The lowest BCUT2D eigenvalue weighted by Crippen LogP contribution is -2.49. The molecule has 2 aliphatic rings. The molecule has 5 nitrogen and oxygen atoms in total. The van der Waals surface area contributed by atoms with E-state index in [0.29, 0.717) is 12.0 Å². The minimum absolute atomic E-state index is 0.113. The van der Waals surface area contributed by atoms with E-state index in [1.807, 2.05) is 6.07 Å². The summed E-state index contributed by atoms with van der Waals surface area (Å²) in [6.07, 6.45) is 5.44. The molecule has 0 amide bonds. The van der Waals surface area contributed by atoms with Crippen molar-refractivity contribution in [1.29, 1.82) is 0 Å². The molecule has 3 unspecified atom stereocenters. The van der Waals surface area contributed by atoms with Crippen LogP contribution < -0.4 is 9.32 Å². The zero-order chi connectivity index (χ0) is 15.7. The van der Waals surface area contributed by atoms with E-state index >= 15 is 0 Å². The first-order valence-corrected chi connectivity index (χ1v) is 9.16. The highest BCUT2D eigenvalue weighted by atomic mass is 32.2. The fourth-order valence-corrected chi connectivity index (χ4v) is 4.34. The summed E-state index contributed by atoms with van der Waals surface area (Å²) in [6, 6.07) is 4.23. The summed E-state index contributed by atoms with van der Waals surface area (Å²) >= 11 is -1.91. The molecule has 1 fully saturated rings. The summed E-state index contributed by atoms with van der Waals surface area (Å²) in [7, 11) is 0. The van der Waals surface area contributed by atoms with Gasteiger partial charge in [-0.05, 0) is 62.7 Å². The largest absolute Gasteiger partial charge is 0.504 e. The third-order valence-electron chi connectivity index (χ3n) is 4.95. The van der Waals surface area contributed by atoms with Crippen LogP contribution in [-0.4, -0.2) is 33.3 Å². The quantitative estimate of drug-likeness (QED) is 0.887. The number of benzene rings is 1. The van der Waals surface area contributed by atoms with Gasteiger partial charge in [-0.15, -0.1) is 0 Å². The van der Waals surface area contributed by atoms with Gasteiger partial charge in [0.1, 0.15) is 0 Å². The van der Waals surface area contributed by atoms with Crippen LogP contribution in [-0.2, 0) is 24.1 Å². The first-order valence-electron chi connectivity index (χ1n) is 8.02. The van der Waals surface area contributed by atoms with Crippen LogP contribution in [0.15, 0.2) is 12.1 Å². The molecule has 1 heterocycles. The van der Waals surface area contributed by atoms with E-state index in [9.17, 15) is 9.32 Å². The minimum atomic E-state index is -1.91. The highest BCUT2D eigenvalue weighted by molar-refractivity contribution is 7.78. The summed E-state index contributed by atoms with van der Waals surface area (Å²) in [6.45, 7) is 4.56. The van der Waals surface area contributed by atoms with E-state index in [0.717, 1.165) is 24.9 Å². The number of phenols is 1. The Balaban J connectivity index is 1.88. The lowest BCUT2D eigenvalue weighted by atomic mass is 9.75. The molecule has 1 aromatic carbocycles. The van der Waals surface area contributed by atoms with E-state index in [1.54, 1.807) is 6.07 Å². The van der Waals surface area contributed by atoms with Gasteiger partial charge in [0, 0.05) is 11.6 Å². The van der Waals surface area contributed by atoms with Crippen LogP contribution in [0.2, 0.25) is 0 Å². The summed E-state index contributed by atoms with van der Waals surface area (Å²) < 4.78 is 16.0. The molecular weight excluding hydrogens is 300 g/mol. The number of fused-ring (bicyclic) bond motifs is 2. The number of nitrogens with zero attached hydrogens (tertiary/aromatic N) is 1. The Hall–Kier alpha value is -1.11. The first-order chi connectivity index (χ1) is 10.6. The lowest BCUT2D eigenvalue weighted by Gasteiger charge is -2.44. The molecule has 22 heavy (non-hydrogen) atoms. The Morgan fingerprint density at radius 3 is 3.00 bits per heavy atom. The van der Waals surface area contributed by atoms with Gasteiger partial charge in [0.25, 0.3) is 11.3 Å². The number of nitrogens with two attached hydrogens (primary N) is 1. The van der Waals surface area contributed by atoms with Crippen molar-refractivity contribution in [2.75, 3.05) is 13.1 Å². The van der Waals surface area contributed by atoms with Gasteiger partial charge in [-0.3, -0.25) is 4.90 Å². The Morgan fingerprint density at radius 1 is 1.45 bits per heavy atom. The van der Waals surface area contributed by atoms with Crippen molar-refractivity contribution < 1.29 is 13.5 Å². The third-order valence-corrected chi connectivity index (χ3v) is 5.30. The van der Waals surface area contributed by atoms with Crippen molar-refractivity contribution in [1.82, 2.24) is 4.90 Å². The average molecular weight is 324 g/mol. The van der Waals surface area contributed by atoms with Gasteiger partial charge in [-0.25, -0.2) is 5.14 Å². The van der Waals surface area contributed by atoms with Gasteiger partial charge >= 0.3 is 0 Å². The molecule has 0 spiro atoms. The SMILES string of the molecule is CCCN1CCCC2Cc3c(ccc(OS(N)=O)c3O)CC21. The van der Waals surface area contributed by atoms with Crippen LogP contribution >= 0.6 is 0 Å². The van der Waals surface area contributed by atoms with E-state index < -0.39 is 11.3 Å². The van der Waals surface area contributed by atoms with Gasteiger partial charge in [0.05, 0.1) is 0 Å². The predicted octanol–water partition coefficient (Wildman–Crippen LogP) is 1.90. The topological polar surface area (TPSA) is 75.8 Å². The lowest BCUT2D eigenvalue weighted by molar-refractivity contribution is 0.0849. The zero-order valence-electron chi connectivity index (χ0n) is 13.0. The minimum Gasteiger partial charge on any atom is -0.504 e. The second kappa shape index (κ2) is 6.56. The molecule has 1 aliphatic carbocycles. The molecule has 1 aliphatic heterocycles. The molecule has 1 aromatic rings. The number of aromatic hydroxyl groups is 1. The van der Waals surface area contributed by atoms with Crippen molar-refractivity contribution in [3.63, 3.8) is 0 Å². The normalized spacial score (nSPS) is 26.1. The maximum absolute atomic E-state index is 11.0. The number of rotatable bonds is 4. The average Bonchev–Trinajstić information content (AvgIpc) is 2.49. The number of phenolic OH excluding ortho intramolecular Hbond substituents is 1. The third kappa shape index (κ3) is 3.00. The van der Waals surface area contributed by atoms with Crippen LogP contribution in [0.25, 0.3) is 0 Å². The van der Waals surface area contributed by atoms with Crippen molar-refractivity contribution in [2.24, 2.45) is 11.1 Å². The van der Waals surface area contributed by atoms with Gasteiger partial charge in [-0.2, -0.15) is 4.21 Å². The highest BCUT2D eigenvalue weighted by Gasteiger charge is 2.36. The van der Waals surface area contributed by atoms with Crippen LogP contribution in [0.3, 0.4) is 0 Å². The monoisotopic (exact) mass is 324 g/mol. The van der Waals surface area contributed by atoms with Crippen molar-refractivity contribution >= 4 is 11.3 Å². The molecule has 1 saturated heterocycles. The van der Waals surface area contributed by atoms with Crippen molar-refractivity contribution in [3.8, 4) is 11.5 Å².